The molecule has 3 rings (SSSR count). The number of hydrogen-bond donors (Lipinski definition) is 5. The minimum atomic E-state index is -0.627. The van der Waals surface area contributed by atoms with E-state index in [1.165, 1.54) is 6.92 Å². The van der Waals surface area contributed by atoms with Gasteiger partial charge in [0.2, 0.25) is 11.8 Å². The van der Waals surface area contributed by atoms with Gasteiger partial charge in [-0.1, -0.05) is 30.0 Å². The highest BCUT2D eigenvalue weighted by molar-refractivity contribution is 7.99. The van der Waals surface area contributed by atoms with Gasteiger partial charge in [0.25, 0.3) is 11.5 Å². The molecule has 11 heteroatoms. The lowest BCUT2D eigenvalue weighted by Gasteiger charge is -2.09. The summed E-state index contributed by atoms with van der Waals surface area (Å²) in [6, 6.07) is 15.0. The van der Waals surface area contributed by atoms with E-state index in [4.69, 9.17) is 5.73 Å². The second-order valence-corrected chi connectivity index (χ2v) is 7.51. The van der Waals surface area contributed by atoms with Crippen LogP contribution in [0.4, 0.5) is 22.9 Å². The van der Waals surface area contributed by atoms with Gasteiger partial charge in [0, 0.05) is 23.9 Å². The van der Waals surface area contributed by atoms with Crippen molar-refractivity contribution >= 4 is 52.4 Å². The molecule has 10 nitrogen and oxygen atoms in total. The lowest BCUT2D eigenvalue weighted by Crippen LogP contribution is -2.23. The fraction of sp³-hybridized carbons (Fsp3) is 0.0952. The second kappa shape index (κ2) is 10.3. The molecule has 164 valence electrons. The largest absolute Gasteiger partial charge is 0.382 e. The standard InChI is InChI=1S/C21H20N6O4S/c1-12(28)23-14-7-9-15(10-8-14)24-16(29)11-32-21-26-18(22)17(20(31)27-21)25-19(30)13-5-3-2-4-6-13/h2-10H,11H2,1H3,(H,23,28)(H,24,29)(H,25,30)(H3,22,26,27,31). The molecule has 0 spiro atoms. The SMILES string of the molecule is CC(=O)Nc1ccc(NC(=O)CSc2nc(N)c(NC(=O)c3ccccc3)c(=O)[nH]2)cc1. The summed E-state index contributed by atoms with van der Waals surface area (Å²) in [5, 5.41) is 7.92. The summed E-state index contributed by atoms with van der Waals surface area (Å²) in [6.07, 6.45) is 0. The lowest BCUT2D eigenvalue weighted by atomic mass is 10.2. The number of aromatic nitrogens is 2. The van der Waals surface area contributed by atoms with Gasteiger partial charge >= 0.3 is 0 Å². The van der Waals surface area contributed by atoms with Crippen molar-refractivity contribution < 1.29 is 14.4 Å². The minimum Gasteiger partial charge on any atom is -0.382 e. The number of nitrogens with zero attached hydrogens (tertiary/aromatic N) is 1. The summed E-state index contributed by atoms with van der Waals surface area (Å²) >= 11 is 0.983. The Morgan fingerprint density at radius 3 is 2.19 bits per heavy atom. The first-order chi connectivity index (χ1) is 15.3. The Hall–Kier alpha value is -4.12. The summed E-state index contributed by atoms with van der Waals surface area (Å²) in [7, 11) is 0. The van der Waals surface area contributed by atoms with Gasteiger partial charge in [0.15, 0.2) is 11.0 Å². The maximum Gasteiger partial charge on any atom is 0.277 e. The van der Waals surface area contributed by atoms with E-state index in [9.17, 15) is 19.2 Å². The van der Waals surface area contributed by atoms with Gasteiger partial charge in [-0.2, -0.15) is 0 Å². The summed E-state index contributed by atoms with van der Waals surface area (Å²) < 4.78 is 0. The number of nitrogens with two attached hydrogens (primary N) is 1. The van der Waals surface area contributed by atoms with Crippen molar-refractivity contribution in [1.29, 1.82) is 0 Å². The lowest BCUT2D eigenvalue weighted by molar-refractivity contribution is -0.114. The zero-order chi connectivity index (χ0) is 23.1. The molecule has 0 aliphatic carbocycles. The fourth-order valence-electron chi connectivity index (χ4n) is 2.60. The Morgan fingerprint density at radius 1 is 0.969 bits per heavy atom. The number of anilines is 4. The molecular formula is C21H20N6O4S. The molecule has 0 saturated heterocycles. The fourth-order valence-corrected chi connectivity index (χ4v) is 3.27. The summed E-state index contributed by atoms with van der Waals surface area (Å²) in [5.41, 5.74) is 6.58. The first-order valence-corrected chi connectivity index (χ1v) is 10.4. The number of rotatable bonds is 7. The van der Waals surface area contributed by atoms with Crippen LogP contribution in [0.2, 0.25) is 0 Å². The molecule has 0 saturated carbocycles. The molecule has 0 aliphatic rings. The van der Waals surface area contributed by atoms with Crippen LogP contribution in [0.15, 0.2) is 64.5 Å². The van der Waals surface area contributed by atoms with Crippen molar-refractivity contribution in [3.05, 3.63) is 70.5 Å². The molecule has 3 amide bonds. The molecular weight excluding hydrogens is 432 g/mol. The van der Waals surface area contributed by atoms with Gasteiger partial charge < -0.3 is 21.7 Å². The van der Waals surface area contributed by atoms with Crippen LogP contribution in [0.25, 0.3) is 0 Å². The third-order valence-corrected chi connectivity index (χ3v) is 4.90. The monoisotopic (exact) mass is 452 g/mol. The maximum atomic E-state index is 12.3. The summed E-state index contributed by atoms with van der Waals surface area (Å²) in [5.74, 6) is -1.20. The van der Waals surface area contributed by atoms with Crippen molar-refractivity contribution in [3.8, 4) is 0 Å². The zero-order valence-electron chi connectivity index (χ0n) is 17.0. The number of amides is 3. The number of nitrogens with one attached hydrogen (secondary N) is 4. The van der Waals surface area contributed by atoms with Crippen LogP contribution in [0.1, 0.15) is 17.3 Å². The quantitative estimate of drug-likeness (QED) is 0.272. The number of benzene rings is 2. The minimum absolute atomic E-state index is 0.0362. The van der Waals surface area contributed by atoms with Crippen LogP contribution in [0.3, 0.4) is 0 Å². The number of aromatic amines is 1. The molecule has 2 aromatic carbocycles. The molecule has 0 bridgehead atoms. The number of carbonyl (C=O) groups excluding carboxylic acids is 3. The molecule has 1 heterocycles. The predicted molar refractivity (Wildman–Crippen MR) is 124 cm³/mol. The van der Waals surface area contributed by atoms with Crippen molar-refractivity contribution in [1.82, 2.24) is 9.97 Å². The van der Waals surface area contributed by atoms with E-state index in [1.54, 1.807) is 54.6 Å². The molecule has 3 aromatic rings. The van der Waals surface area contributed by atoms with E-state index in [1.807, 2.05) is 0 Å². The Labute approximate surface area is 187 Å². The van der Waals surface area contributed by atoms with Crippen LogP contribution in [0.5, 0.6) is 0 Å². The Balaban J connectivity index is 1.58. The van der Waals surface area contributed by atoms with E-state index in [2.05, 4.69) is 25.9 Å². The number of thioether (sulfide) groups is 1. The van der Waals surface area contributed by atoms with Crippen molar-refractivity contribution in [2.24, 2.45) is 0 Å². The third-order valence-electron chi connectivity index (χ3n) is 4.03. The maximum absolute atomic E-state index is 12.3. The number of nitrogen functional groups attached to an aromatic ring is 1. The molecule has 0 radical (unpaired) electrons. The van der Waals surface area contributed by atoms with Gasteiger partial charge in [0.1, 0.15) is 5.69 Å². The average Bonchev–Trinajstić information content (AvgIpc) is 2.76. The Morgan fingerprint density at radius 2 is 1.59 bits per heavy atom. The molecule has 0 aliphatic heterocycles. The summed E-state index contributed by atoms with van der Waals surface area (Å²) in [4.78, 5) is 54.3. The molecule has 1 aromatic heterocycles. The summed E-state index contributed by atoms with van der Waals surface area (Å²) in [6.45, 7) is 1.40. The average molecular weight is 452 g/mol. The normalized spacial score (nSPS) is 10.3. The highest BCUT2D eigenvalue weighted by Gasteiger charge is 2.14. The molecule has 0 fully saturated rings. The topological polar surface area (TPSA) is 159 Å². The predicted octanol–water partition coefficient (Wildman–Crippen LogP) is 2.29. The van der Waals surface area contributed by atoms with Crippen molar-refractivity contribution in [2.45, 2.75) is 12.1 Å². The molecule has 6 N–H and O–H groups in total. The van der Waals surface area contributed by atoms with E-state index >= 15 is 0 Å². The zero-order valence-corrected chi connectivity index (χ0v) is 17.8. The van der Waals surface area contributed by atoms with Crippen LogP contribution >= 0.6 is 11.8 Å². The number of carbonyl (C=O) groups is 3. The van der Waals surface area contributed by atoms with E-state index in [0.717, 1.165) is 11.8 Å². The molecule has 0 atom stereocenters. The smallest absolute Gasteiger partial charge is 0.277 e. The van der Waals surface area contributed by atoms with Crippen LogP contribution in [-0.2, 0) is 9.59 Å². The molecule has 32 heavy (non-hydrogen) atoms. The second-order valence-electron chi connectivity index (χ2n) is 6.55. The highest BCUT2D eigenvalue weighted by atomic mass is 32.2. The first-order valence-electron chi connectivity index (χ1n) is 9.38. The van der Waals surface area contributed by atoms with Gasteiger partial charge in [-0.15, -0.1) is 0 Å². The third kappa shape index (κ3) is 6.19. The van der Waals surface area contributed by atoms with E-state index in [0.29, 0.717) is 16.9 Å². The van der Waals surface area contributed by atoms with E-state index in [-0.39, 0.29) is 34.2 Å². The van der Waals surface area contributed by atoms with Crippen molar-refractivity contribution in [3.63, 3.8) is 0 Å². The van der Waals surface area contributed by atoms with Crippen LogP contribution < -0.4 is 27.2 Å². The first kappa shape index (κ1) is 22.6. The Bertz CT molecular complexity index is 1200. The highest BCUT2D eigenvalue weighted by Crippen LogP contribution is 2.18. The van der Waals surface area contributed by atoms with E-state index < -0.39 is 11.5 Å². The molecule has 0 unspecified atom stereocenters. The van der Waals surface area contributed by atoms with Crippen LogP contribution in [0, 0.1) is 0 Å². The van der Waals surface area contributed by atoms with Crippen LogP contribution in [-0.4, -0.2) is 33.4 Å². The van der Waals surface area contributed by atoms with Crippen molar-refractivity contribution in [2.75, 3.05) is 27.4 Å². The number of hydrogen-bond acceptors (Lipinski definition) is 7. The van der Waals surface area contributed by atoms with Gasteiger partial charge in [-0.25, -0.2) is 4.98 Å². The van der Waals surface area contributed by atoms with Gasteiger partial charge in [0.05, 0.1) is 5.75 Å². The van der Waals surface area contributed by atoms with Gasteiger partial charge in [-0.3, -0.25) is 24.2 Å². The van der Waals surface area contributed by atoms with Gasteiger partial charge in [-0.05, 0) is 36.4 Å². The Kier molecular flexibility index (Phi) is 7.24. The number of H-pyrrole nitrogens is 1.